The molecular formula is C20H26N2O4S. The van der Waals surface area contributed by atoms with Gasteiger partial charge in [0.2, 0.25) is 15.9 Å². The minimum absolute atomic E-state index is 0.169. The third-order valence-corrected chi connectivity index (χ3v) is 5.98. The molecule has 1 N–H and O–H groups in total. The highest BCUT2D eigenvalue weighted by molar-refractivity contribution is 7.89. The number of hydrogen-bond donors (Lipinski definition) is 1. The molecule has 2 rings (SSSR count). The van der Waals surface area contributed by atoms with E-state index in [0.29, 0.717) is 6.61 Å². The van der Waals surface area contributed by atoms with Gasteiger partial charge in [-0.1, -0.05) is 29.8 Å². The van der Waals surface area contributed by atoms with E-state index in [1.165, 1.54) is 7.05 Å². The summed E-state index contributed by atoms with van der Waals surface area (Å²) in [7, 11) is -2.31. The van der Waals surface area contributed by atoms with E-state index < -0.39 is 10.0 Å². The van der Waals surface area contributed by atoms with Crippen LogP contribution in [0.5, 0.6) is 5.75 Å². The number of rotatable bonds is 8. The van der Waals surface area contributed by atoms with Crippen molar-refractivity contribution in [2.45, 2.75) is 31.7 Å². The van der Waals surface area contributed by atoms with Crippen LogP contribution in [0.4, 0.5) is 0 Å². The van der Waals surface area contributed by atoms with Crippen LogP contribution in [0, 0.1) is 6.92 Å². The van der Waals surface area contributed by atoms with Crippen molar-refractivity contribution in [3.05, 3.63) is 59.7 Å². The highest BCUT2D eigenvalue weighted by Crippen LogP contribution is 2.18. The Labute approximate surface area is 161 Å². The molecule has 0 saturated carbocycles. The van der Waals surface area contributed by atoms with Crippen molar-refractivity contribution in [2.75, 3.05) is 20.2 Å². The number of likely N-dealkylation sites (N-methyl/N-ethyl adjacent to an activating group) is 1. The fourth-order valence-electron chi connectivity index (χ4n) is 2.57. The van der Waals surface area contributed by atoms with Gasteiger partial charge < -0.3 is 10.1 Å². The van der Waals surface area contributed by atoms with Gasteiger partial charge in [-0.3, -0.25) is 4.79 Å². The van der Waals surface area contributed by atoms with Gasteiger partial charge in [-0.15, -0.1) is 0 Å². The first-order chi connectivity index (χ1) is 12.7. The molecule has 146 valence electrons. The fraction of sp³-hybridized carbons (Fsp3) is 0.350. The van der Waals surface area contributed by atoms with Gasteiger partial charge in [0.15, 0.2) is 0 Å². The topological polar surface area (TPSA) is 75.7 Å². The molecule has 0 fully saturated rings. The van der Waals surface area contributed by atoms with E-state index in [2.05, 4.69) is 5.32 Å². The summed E-state index contributed by atoms with van der Waals surface area (Å²) >= 11 is 0. The maximum atomic E-state index is 12.6. The van der Waals surface area contributed by atoms with Crippen LogP contribution in [0.2, 0.25) is 0 Å². The first kappa shape index (κ1) is 20.9. The highest BCUT2D eigenvalue weighted by Gasteiger charge is 2.23. The van der Waals surface area contributed by atoms with E-state index in [1.807, 2.05) is 45.0 Å². The molecule has 0 saturated heterocycles. The summed E-state index contributed by atoms with van der Waals surface area (Å²) in [4.78, 5) is 12.5. The molecule has 0 aliphatic carbocycles. The van der Waals surface area contributed by atoms with Crippen molar-refractivity contribution in [1.82, 2.24) is 9.62 Å². The molecule has 0 bridgehead atoms. The Morgan fingerprint density at radius 1 is 1.11 bits per heavy atom. The third kappa shape index (κ3) is 5.55. The van der Waals surface area contributed by atoms with Crippen LogP contribution in [-0.2, 0) is 14.8 Å². The zero-order chi connectivity index (χ0) is 20.0. The normalized spacial score (nSPS) is 12.6. The Morgan fingerprint density at radius 3 is 2.26 bits per heavy atom. The Hall–Kier alpha value is -2.38. The molecular weight excluding hydrogens is 364 g/mol. The van der Waals surface area contributed by atoms with E-state index in [0.717, 1.165) is 21.2 Å². The van der Waals surface area contributed by atoms with Crippen LogP contribution in [0.15, 0.2) is 53.4 Å². The number of ether oxygens (including phenoxy) is 1. The summed E-state index contributed by atoms with van der Waals surface area (Å²) in [6.07, 6.45) is 0. The van der Waals surface area contributed by atoms with Crippen LogP contribution < -0.4 is 10.1 Å². The maximum Gasteiger partial charge on any atom is 0.243 e. The lowest BCUT2D eigenvalue weighted by Crippen LogP contribution is -2.39. The predicted octanol–water partition coefficient (Wildman–Crippen LogP) is 2.89. The molecule has 1 atom stereocenters. The van der Waals surface area contributed by atoms with Gasteiger partial charge in [-0.05, 0) is 50.6 Å². The van der Waals surface area contributed by atoms with Crippen LogP contribution in [0.3, 0.4) is 0 Å². The van der Waals surface area contributed by atoms with Crippen molar-refractivity contribution < 1.29 is 17.9 Å². The number of carbonyl (C=O) groups is 1. The summed E-state index contributed by atoms with van der Waals surface area (Å²) < 4.78 is 31.6. The van der Waals surface area contributed by atoms with Gasteiger partial charge in [0.05, 0.1) is 24.1 Å². The zero-order valence-electron chi connectivity index (χ0n) is 16.1. The van der Waals surface area contributed by atoms with E-state index in [1.54, 1.807) is 24.3 Å². The van der Waals surface area contributed by atoms with E-state index in [-0.39, 0.29) is 23.4 Å². The minimum atomic E-state index is -3.71. The van der Waals surface area contributed by atoms with Gasteiger partial charge in [0, 0.05) is 7.05 Å². The van der Waals surface area contributed by atoms with Crippen molar-refractivity contribution in [3.8, 4) is 5.75 Å². The monoisotopic (exact) mass is 390 g/mol. The molecule has 27 heavy (non-hydrogen) atoms. The molecule has 0 aliphatic heterocycles. The molecule has 0 spiro atoms. The zero-order valence-corrected chi connectivity index (χ0v) is 16.9. The second-order valence-corrected chi connectivity index (χ2v) is 8.41. The van der Waals surface area contributed by atoms with Gasteiger partial charge >= 0.3 is 0 Å². The standard InChI is InChI=1S/C20H26N2O4S/c1-5-26-18-10-8-17(9-11-18)16(3)21-20(23)14-22(4)27(24,25)19-12-6-15(2)7-13-19/h6-13,16H,5,14H2,1-4H3,(H,21,23)/t16-/m1/s1. The number of aryl methyl sites for hydroxylation is 1. The number of amides is 1. The number of benzene rings is 2. The van der Waals surface area contributed by atoms with Crippen molar-refractivity contribution >= 4 is 15.9 Å². The lowest BCUT2D eigenvalue weighted by Gasteiger charge is -2.19. The first-order valence-electron chi connectivity index (χ1n) is 8.79. The summed E-state index contributed by atoms with van der Waals surface area (Å²) in [5.41, 5.74) is 1.88. The molecule has 0 aromatic heterocycles. The molecule has 0 unspecified atom stereocenters. The molecule has 0 radical (unpaired) electrons. The number of hydrogen-bond acceptors (Lipinski definition) is 4. The first-order valence-corrected chi connectivity index (χ1v) is 10.2. The summed E-state index contributed by atoms with van der Waals surface area (Å²) in [6.45, 7) is 5.99. The van der Waals surface area contributed by atoms with Crippen molar-refractivity contribution in [1.29, 1.82) is 0 Å². The van der Waals surface area contributed by atoms with Crippen molar-refractivity contribution in [2.24, 2.45) is 0 Å². The molecule has 2 aromatic rings. The van der Waals surface area contributed by atoms with Crippen LogP contribution in [0.1, 0.15) is 31.0 Å². The van der Waals surface area contributed by atoms with E-state index >= 15 is 0 Å². The minimum Gasteiger partial charge on any atom is -0.494 e. The Kier molecular flexibility index (Phi) is 6.98. The van der Waals surface area contributed by atoms with Gasteiger partial charge in [-0.2, -0.15) is 4.31 Å². The van der Waals surface area contributed by atoms with Gasteiger partial charge in [0.1, 0.15) is 5.75 Å². The lowest BCUT2D eigenvalue weighted by atomic mass is 10.1. The van der Waals surface area contributed by atoms with E-state index in [9.17, 15) is 13.2 Å². The summed E-state index contributed by atoms with van der Waals surface area (Å²) in [6, 6.07) is 13.7. The molecule has 0 aliphatic rings. The molecule has 0 heterocycles. The number of sulfonamides is 1. The third-order valence-electron chi connectivity index (χ3n) is 4.16. The Balaban J connectivity index is 1.98. The smallest absolute Gasteiger partial charge is 0.243 e. The molecule has 7 heteroatoms. The quantitative estimate of drug-likeness (QED) is 0.752. The Morgan fingerprint density at radius 2 is 1.70 bits per heavy atom. The van der Waals surface area contributed by atoms with Gasteiger partial charge in [0.25, 0.3) is 0 Å². The molecule has 2 aromatic carbocycles. The molecule has 1 amide bonds. The van der Waals surface area contributed by atoms with Crippen LogP contribution >= 0.6 is 0 Å². The second kappa shape index (κ2) is 9.01. The predicted molar refractivity (Wildman–Crippen MR) is 105 cm³/mol. The summed E-state index contributed by atoms with van der Waals surface area (Å²) in [5.74, 6) is 0.401. The SMILES string of the molecule is CCOc1ccc([C@@H](C)NC(=O)CN(C)S(=O)(=O)c2ccc(C)cc2)cc1. The average Bonchev–Trinajstić information content (AvgIpc) is 2.62. The fourth-order valence-corrected chi connectivity index (χ4v) is 3.69. The van der Waals surface area contributed by atoms with Gasteiger partial charge in [-0.25, -0.2) is 8.42 Å². The van der Waals surface area contributed by atoms with Crippen LogP contribution in [-0.4, -0.2) is 38.8 Å². The second-order valence-electron chi connectivity index (χ2n) is 6.37. The number of carbonyl (C=O) groups excluding carboxylic acids is 1. The lowest BCUT2D eigenvalue weighted by molar-refractivity contribution is -0.121. The summed E-state index contributed by atoms with van der Waals surface area (Å²) in [5, 5.41) is 2.83. The van der Waals surface area contributed by atoms with Crippen LogP contribution in [0.25, 0.3) is 0 Å². The Bertz CT molecular complexity index is 862. The average molecular weight is 391 g/mol. The largest absolute Gasteiger partial charge is 0.494 e. The number of nitrogens with one attached hydrogen (secondary N) is 1. The molecule has 6 nitrogen and oxygen atoms in total. The van der Waals surface area contributed by atoms with E-state index in [4.69, 9.17) is 4.74 Å². The maximum absolute atomic E-state index is 12.6. The number of nitrogens with zero attached hydrogens (tertiary/aromatic N) is 1. The van der Waals surface area contributed by atoms with Crippen molar-refractivity contribution in [3.63, 3.8) is 0 Å². The highest BCUT2D eigenvalue weighted by atomic mass is 32.2.